The summed E-state index contributed by atoms with van der Waals surface area (Å²) < 4.78 is 12.5. The number of likely N-dealkylation sites (N-methyl/N-ethyl adjacent to an activating group) is 2. The summed E-state index contributed by atoms with van der Waals surface area (Å²) >= 11 is 0. The first-order chi connectivity index (χ1) is 13.4. The Morgan fingerprint density at radius 3 is 2.57 bits per heavy atom. The number of hydrogen-bond acceptors (Lipinski definition) is 5. The van der Waals surface area contributed by atoms with Crippen molar-refractivity contribution in [1.82, 2.24) is 9.80 Å². The average Bonchev–Trinajstić information content (AvgIpc) is 2.70. The molecule has 0 heterocycles. The van der Waals surface area contributed by atoms with E-state index in [0.29, 0.717) is 24.5 Å². The molecule has 2 aromatic rings. The lowest BCUT2D eigenvalue weighted by molar-refractivity contribution is -0.384. The molecule has 2 aromatic carbocycles. The SMILES string of the molecule is CN(C=Nc1ccc([N+](=O)[O-])cc1C(=O)Nc1ccccc1)CCN(C)CF. The van der Waals surface area contributed by atoms with Crippen LogP contribution in [-0.4, -0.2) is 61.0 Å². The van der Waals surface area contributed by atoms with Crippen molar-refractivity contribution in [3.05, 3.63) is 64.2 Å². The molecule has 0 saturated heterocycles. The van der Waals surface area contributed by atoms with Crippen molar-refractivity contribution in [2.45, 2.75) is 0 Å². The number of rotatable bonds is 9. The normalized spacial score (nSPS) is 11.0. The fourth-order valence-electron chi connectivity index (χ4n) is 2.26. The highest BCUT2D eigenvalue weighted by molar-refractivity contribution is 6.08. The van der Waals surface area contributed by atoms with Crippen molar-refractivity contribution < 1.29 is 14.1 Å². The van der Waals surface area contributed by atoms with E-state index >= 15 is 0 Å². The Bertz CT molecular complexity index is 845. The van der Waals surface area contributed by atoms with E-state index in [0.717, 1.165) is 0 Å². The predicted octanol–water partition coefficient (Wildman–Crippen LogP) is 3.30. The lowest BCUT2D eigenvalue weighted by Crippen LogP contribution is -2.29. The number of nitrogens with zero attached hydrogens (tertiary/aromatic N) is 4. The standard InChI is InChI=1S/C19H22FN5O3/c1-23(13-20)10-11-24(2)14-21-18-9-8-16(25(27)28)12-17(18)19(26)22-15-6-4-3-5-7-15/h3-9,12,14H,10-11,13H2,1-2H3,(H,22,26). The number of amides is 1. The van der Waals surface area contributed by atoms with Crippen LogP contribution in [-0.2, 0) is 0 Å². The molecule has 0 radical (unpaired) electrons. The van der Waals surface area contributed by atoms with Crippen molar-refractivity contribution in [3.8, 4) is 0 Å². The van der Waals surface area contributed by atoms with Gasteiger partial charge in [-0.05, 0) is 25.2 Å². The number of nitrogens with one attached hydrogen (secondary N) is 1. The molecule has 0 aliphatic rings. The largest absolute Gasteiger partial charge is 0.364 e. The molecule has 2 rings (SSSR count). The van der Waals surface area contributed by atoms with Crippen LogP contribution in [0.4, 0.5) is 21.5 Å². The minimum Gasteiger partial charge on any atom is -0.364 e. The number of benzene rings is 2. The summed E-state index contributed by atoms with van der Waals surface area (Å²) in [6.07, 6.45) is 1.51. The maximum atomic E-state index is 12.6. The number of hydrogen-bond donors (Lipinski definition) is 1. The summed E-state index contributed by atoms with van der Waals surface area (Å²) in [5, 5.41) is 13.8. The first kappa shape index (κ1) is 21.0. The summed E-state index contributed by atoms with van der Waals surface area (Å²) in [5.41, 5.74) is 0.753. The molecule has 9 heteroatoms. The second kappa shape index (κ2) is 10.1. The number of nitro groups is 1. The van der Waals surface area contributed by atoms with Crippen LogP contribution >= 0.6 is 0 Å². The summed E-state index contributed by atoms with van der Waals surface area (Å²) in [5.74, 6) is -0.498. The van der Waals surface area contributed by atoms with Gasteiger partial charge in [-0.2, -0.15) is 0 Å². The van der Waals surface area contributed by atoms with Crippen LogP contribution in [0.25, 0.3) is 0 Å². The highest BCUT2D eigenvalue weighted by atomic mass is 19.1. The van der Waals surface area contributed by atoms with E-state index in [1.54, 1.807) is 43.3 Å². The molecule has 0 aliphatic heterocycles. The Labute approximate surface area is 162 Å². The molecule has 0 unspecified atom stereocenters. The molecule has 0 atom stereocenters. The maximum Gasteiger partial charge on any atom is 0.270 e. The van der Waals surface area contributed by atoms with Crippen LogP contribution in [0.5, 0.6) is 0 Å². The molecule has 0 fully saturated rings. The summed E-state index contributed by atoms with van der Waals surface area (Å²) in [6.45, 7) is 0.486. The van der Waals surface area contributed by atoms with E-state index in [2.05, 4.69) is 10.3 Å². The molecular formula is C19H22FN5O3. The third-order valence-corrected chi connectivity index (χ3v) is 3.90. The zero-order valence-electron chi connectivity index (χ0n) is 15.7. The molecule has 0 saturated carbocycles. The van der Waals surface area contributed by atoms with Gasteiger partial charge in [0, 0.05) is 38.0 Å². The number of anilines is 1. The molecule has 1 amide bonds. The highest BCUT2D eigenvalue weighted by Gasteiger charge is 2.17. The molecule has 28 heavy (non-hydrogen) atoms. The summed E-state index contributed by atoms with van der Waals surface area (Å²) in [4.78, 5) is 30.7. The van der Waals surface area contributed by atoms with Gasteiger partial charge in [0.25, 0.3) is 11.6 Å². The Morgan fingerprint density at radius 1 is 1.21 bits per heavy atom. The van der Waals surface area contributed by atoms with Crippen molar-refractivity contribution in [3.63, 3.8) is 0 Å². The number of para-hydroxylation sites is 1. The van der Waals surface area contributed by atoms with Gasteiger partial charge in [-0.1, -0.05) is 18.2 Å². The van der Waals surface area contributed by atoms with Gasteiger partial charge in [0.1, 0.15) is 6.80 Å². The third-order valence-electron chi connectivity index (χ3n) is 3.90. The zero-order chi connectivity index (χ0) is 20.5. The fourth-order valence-corrected chi connectivity index (χ4v) is 2.26. The van der Waals surface area contributed by atoms with Crippen LogP contribution < -0.4 is 5.32 Å². The number of carbonyl (C=O) groups is 1. The molecule has 0 aromatic heterocycles. The topological polar surface area (TPSA) is 91.1 Å². The Hall–Kier alpha value is -3.33. The molecule has 148 valence electrons. The van der Waals surface area contributed by atoms with E-state index in [1.807, 2.05) is 6.07 Å². The van der Waals surface area contributed by atoms with E-state index in [4.69, 9.17) is 0 Å². The van der Waals surface area contributed by atoms with Crippen molar-refractivity contribution in [2.75, 3.05) is 39.3 Å². The quantitative estimate of drug-likeness (QED) is 0.234. The van der Waals surface area contributed by atoms with E-state index in [1.165, 1.54) is 29.4 Å². The maximum absolute atomic E-state index is 12.6. The lowest BCUT2D eigenvalue weighted by atomic mass is 10.1. The minimum absolute atomic E-state index is 0.0866. The number of non-ortho nitro benzene ring substituents is 1. The number of carbonyl (C=O) groups excluding carboxylic acids is 1. The van der Waals surface area contributed by atoms with E-state index < -0.39 is 17.6 Å². The average molecular weight is 387 g/mol. The van der Waals surface area contributed by atoms with Crippen LogP contribution in [0.15, 0.2) is 53.5 Å². The van der Waals surface area contributed by atoms with E-state index in [-0.39, 0.29) is 11.3 Å². The molecule has 8 nitrogen and oxygen atoms in total. The Morgan fingerprint density at radius 2 is 1.93 bits per heavy atom. The van der Waals surface area contributed by atoms with Crippen LogP contribution in [0.2, 0.25) is 0 Å². The van der Waals surface area contributed by atoms with Gasteiger partial charge in [-0.15, -0.1) is 0 Å². The van der Waals surface area contributed by atoms with Gasteiger partial charge in [-0.25, -0.2) is 9.38 Å². The smallest absolute Gasteiger partial charge is 0.270 e. The number of halogens is 1. The monoisotopic (exact) mass is 387 g/mol. The van der Waals surface area contributed by atoms with E-state index in [9.17, 15) is 19.3 Å². The molecule has 1 N–H and O–H groups in total. The van der Waals surface area contributed by atoms with Gasteiger partial charge in [0.15, 0.2) is 0 Å². The minimum atomic E-state index is -0.564. The molecule has 0 bridgehead atoms. The highest BCUT2D eigenvalue weighted by Crippen LogP contribution is 2.25. The Kier molecular flexibility index (Phi) is 7.58. The number of alkyl halides is 1. The van der Waals surface area contributed by atoms with Gasteiger partial charge < -0.3 is 10.2 Å². The summed E-state index contributed by atoms with van der Waals surface area (Å²) in [6, 6.07) is 12.7. The van der Waals surface area contributed by atoms with Crippen LogP contribution in [0, 0.1) is 10.1 Å². The van der Waals surface area contributed by atoms with Gasteiger partial charge >= 0.3 is 0 Å². The Balaban J connectivity index is 2.22. The van der Waals surface area contributed by atoms with Crippen molar-refractivity contribution >= 4 is 29.3 Å². The van der Waals surface area contributed by atoms with Gasteiger partial charge in [0.05, 0.1) is 22.5 Å². The van der Waals surface area contributed by atoms with Crippen molar-refractivity contribution in [2.24, 2.45) is 4.99 Å². The first-order valence-corrected chi connectivity index (χ1v) is 8.54. The number of aliphatic imine (C=N–C) groups is 1. The van der Waals surface area contributed by atoms with Gasteiger partial charge in [-0.3, -0.25) is 19.8 Å². The third kappa shape index (κ3) is 6.13. The second-order valence-electron chi connectivity index (χ2n) is 6.20. The summed E-state index contributed by atoms with van der Waals surface area (Å²) in [7, 11) is 3.43. The van der Waals surface area contributed by atoms with Crippen molar-refractivity contribution in [1.29, 1.82) is 0 Å². The molecule has 0 aliphatic carbocycles. The predicted molar refractivity (Wildman–Crippen MR) is 107 cm³/mol. The zero-order valence-corrected chi connectivity index (χ0v) is 15.7. The first-order valence-electron chi connectivity index (χ1n) is 8.54. The van der Waals surface area contributed by atoms with Crippen LogP contribution in [0.1, 0.15) is 10.4 Å². The lowest BCUT2D eigenvalue weighted by Gasteiger charge is -2.17. The van der Waals surface area contributed by atoms with Gasteiger partial charge in [0.2, 0.25) is 0 Å². The molecule has 0 spiro atoms. The molecular weight excluding hydrogens is 365 g/mol. The second-order valence-corrected chi connectivity index (χ2v) is 6.20. The fraction of sp³-hybridized carbons (Fsp3) is 0.263. The number of nitro benzene ring substituents is 1. The van der Waals surface area contributed by atoms with Crippen LogP contribution in [0.3, 0.4) is 0 Å².